The van der Waals surface area contributed by atoms with E-state index in [1.54, 1.807) is 0 Å². The standard InChI is InChI=1S/CN.4Ag.4HI.Rb/c1-2;;;;;;;;;/h;;;;;4*1H;/q-1;4*+1;;;;;+1/p-4. The molecule has 0 aromatic heterocycles. The van der Waals surface area contributed by atoms with Crippen molar-refractivity contribution >= 4 is 0 Å². The molecular formula is CAg4I4NRb. The molecule has 0 atom stereocenters. The Labute approximate surface area is 248 Å². The second-order valence-electron chi connectivity index (χ2n) is 0. The van der Waals surface area contributed by atoms with Crippen LogP contribution in [0.1, 0.15) is 0 Å². The van der Waals surface area contributed by atoms with E-state index in [0.29, 0.717) is 0 Å². The summed E-state index contributed by atoms with van der Waals surface area (Å²) in [7, 11) is 0. The minimum atomic E-state index is 0. The molecule has 0 spiro atoms. The molecule has 1 nitrogen and oxygen atoms in total. The fourth-order valence-electron chi connectivity index (χ4n) is 0. The van der Waals surface area contributed by atoms with Crippen LogP contribution in [0.15, 0.2) is 0 Å². The summed E-state index contributed by atoms with van der Waals surface area (Å²) in [6.07, 6.45) is 0. The van der Waals surface area contributed by atoms with Crippen LogP contribution in [0.2, 0.25) is 0 Å². The zero-order chi connectivity index (χ0) is 2.00. The zero-order valence-electron chi connectivity index (χ0n) is 4.67. The van der Waals surface area contributed by atoms with E-state index in [-0.39, 0.29) is 244 Å². The normalized spacial score (nSPS) is 0.182. The maximum Gasteiger partial charge on any atom is 1.00 e. The average molecular weight is 1050 g/mol. The van der Waals surface area contributed by atoms with Crippen molar-refractivity contribution in [3.05, 3.63) is 6.57 Å². The molecule has 0 unspecified atom stereocenters. The maximum atomic E-state index is 6.25. The van der Waals surface area contributed by atoms with Crippen molar-refractivity contribution in [2.75, 3.05) is 0 Å². The molecule has 0 rings (SSSR count). The number of rotatable bonds is 0. The third-order valence-corrected chi connectivity index (χ3v) is 0. The van der Waals surface area contributed by atoms with Crippen molar-refractivity contribution in [1.82, 2.24) is 0 Å². The van der Waals surface area contributed by atoms with Gasteiger partial charge in [0.2, 0.25) is 0 Å². The number of nitrogens with zero attached hydrogens (tertiary/aromatic N) is 1. The van der Waals surface area contributed by atoms with Crippen molar-refractivity contribution in [2.45, 2.75) is 0 Å². The summed E-state index contributed by atoms with van der Waals surface area (Å²) in [6.45, 7) is 4.75. The summed E-state index contributed by atoms with van der Waals surface area (Å²) < 4.78 is 0. The first-order chi connectivity index (χ1) is 1.00. The molecule has 0 heterocycles. The Morgan fingerprint density at radius 2 is 0.545 bits per heavy atom. The van der Waals surface area contributed by atoms with E-state index in [2.05, 4.69) is 0 Å². The Morgan fingerprint density at radius 3 is 0.545 bits per heavy atom. The molecule has 0 aromatic carbocycles. The van der Waals surface area contributed by atoms with Gasteiger partial charge in [0.05, 0.1) is 0 Å². The Hall–Kier alpha value is 7.18. The first kappa shape index (κ1) is 80.2. The van der Waals surface area contributed by atoms with Gasteiger partial charge in [-0.15, -0.1) is 0 Å². The largest absolute Gasteiger partial charge is 1.00 e. The third kappa shape index (κ3) is 76.8. The summed E-state index contributed by atoms with van der Waals surface area (Å²) in [6, 6.07) is 0. The third-order valence-electron chi connectivity index (χ3n) is 0. The Bertz CT molecular complexity index is 26.8. The molecule has 0 saturated carbocycles. The molecule has 82 valence electrons. The summed E-state index contributed by atoms with van der Waals surface area (Å²) in [4.78, 5) is 0. The molecule has 0 aliphatic heterocycles. The molecule has 0 aromatic rings. The molecule has 0 bridgehead atoms. The van der Waals surface area contributed by atoms with Gasteiger partial charge in [-0.25, -0.2) is 0 Å². The maximum absolute atomic E-state index is 6.25. The predicted octanol–water partition coefficient (Wildman–Crippen LogP) is -14.9. The van der Waals surface area contributed by atoms with E-state index >= 15 is 0 Å². The van der Waals surface area contributed by atoms with Crippen molar-refractivity contribution in [3.8, 4) is 0 Å². The number of halogens is 4. The Kier molecular flexibility index (Phi) is 636. The number of hydrogen-bond acceptors (Lipinski definition) is 1. The monoisotopic (exact) mass is 1050 g/mol. The number of hydrogen-bond donors (Lipinski definition) is 0. The topological polar surface area (TPSA) is 23.8 Å². The van der Waals surface area contributed by atoms with Crippen LogP contribution in [0.3, 0.4) is 0 Å². The summed E-state index contributed by atoms with van der Waals surface area (Å²) in [5.41, 5.74) is 0. The quantitative estimate of drug-likeness (QED) is 0.135. The van der Waals surface area contributed by atoms with Gasteiger partial charge in [-0.1, -0.05) is 0 Å². The van der Waals surface area contributed by atoms with Crippen LogP contribution in [-0.2, 0) is 89.5 Å². The van der Waals surface area contributed by atoms with E-state index in [9.17, 15) is 0 Å². The van der Waals surface area contributed by atoms with Gasteiger partial charge in [0, 0.05) is 0 Å². The van der Waals surface area contributed by atoms with Crippen LogP contribution < -0.4 is 154 Å². The molecule has 0 fully saturated rings. The van der Waals surface area contributed by atoms with E-state index < -0.39 is 0 Å². The van der Waals surface area contributed by atoms with Gasteiger partial charge >= 0.3 is 148 Å². The SMILES string of the molecule is [Ag+].[Ag+].[Ag+].[Ag+].[C-]#N.[I-].[I-].[I-].[I-].[Rb+]. The molecule has 10 heteroatoms. The molecule has 0 N–H and O–H groups in total. The van der Waals surface area contributed by atoms with Crippen LogP contribution in [0, 0.1) is 11.8 Å². The smallest absolute Gasteiger partial charge is 1.00 e. The van der Waals surface area contributed by atoms with Gasteiger partial charge in [0.25, 0.3) is 0 Å². The van der Waals surface area contributed by atoms with E-state index in [1.807, 2.05) is 0 Å². The second kappa shape index (κ2) is 87.3. The predicted molar refractivity (Wildman–Crippen MR) is 4.97 cm³/mol. The first-order valence-corrected chi connectivity index (χ1v) is 0.224. The van der Waals surface area contributed by atoms with E-state index in [1.165, 1.54) is 0 Å². The second-order valence-corrected chi connectivity index (χ2v) is 0. The van der Waals surface area contributed by atoms with E-state index in [0.717, 1.165) is 0 Å². The molecule has 0 amide bonds. The van der Waals surface area contributed by atoms with E-state index in [4.69, 9.17) is 11.8 Å². The van der Waals surface area contributed by atoms with Gasteiger partial charge in [-0.2, -0.15) is 0 Å². The average Bonchev–Trinajstić information content (AvgIpc) is 1.00. The Balaban J connectivity index is -0.000000000139. The van der Waals surface area contributed by atoms with Crippen LogP contribution in [0.4, 0.5) is 0 Å². The van der Waals surface area contributed by atoms with Gasteiger partial charge in [0.1, 0.15) is 0 Å². The zero-order valence-corrected chi connectivity index (χ0v) is 24.1. The molecular weight excluding hydrogens is 1050 g/mol. The minimum absolute atomic E-state index is 0. The van der Waals surface area contributed by atoms with Crippen molar-refractivity contribution < 1.29 is 244 Å². The molecule has 0 aliphatic carbocycles. The van der Waals surface area contributed by atoms with Gasteiger partial charge in [0.15, 0.2) is 0 Å². The van der Waals surface area contributed by atoms with Crippen LogP contribution in [-0.4, -0.2) is 0 Å². The van der Waals surface area contributed by atoms with Crippen molar-refractivity contribution in [1.29, 1.82) is 5.26 Å². The van der Waals surface area contributed by atoms with Gasteiger partial charge in [-0.3, -0.25) is 0 Å². The van der Waals surface area contributed by atoms with Crippen LogP contribution >= 0.6 is 0 Å². The Morgan fingerprint density at radius 1 is 0.545 bits per heavy atom. The van der Waals surface area contributed by atoms with Gasteiger partial charge in [-0.05, 0) is 0 Å². The fraction of sp³-hybridized carbons (Fsp3) is 0. The molecule has 0 aliphatic rings. The fourth-order valence-corrected chi connectivity index (χ4v) is 0. The molecule has 0 saturated heterocycles. The minimum Gasteiger partial charge on any atom is -1.00 e. The molecule has 0 radical (unpaired) electrons. The van der Waals surface area contributed by atoms with Crippen molar-refractivity contribution in [2.24, 2.45) is 0 Å². The summed E-state index contributed by atoms with van der Waals surface area (Å²) in [5.74, 6) is 0. The van der Waals surface area contributed by atoms with Gasteiger partial charge < -0.3 is 108 Å². The van der Waals surface area contributed by atoms with Crippen LogP contribution in [0.25, 0.3) is 0 Å². The molecule has 11 heavy (non-hydrogen) atoms. The summed E-state index contributed by atoms with van der Waals surface area (Å²) >= 11 is 0. The van der Waals surface area contributed by atoms with Crippen molar-refractivity contribution in [3.63, 3.8) is 0 Å². The first-order valence-electron chi connectivity index (χ1n) is 0.224. The summed E-state index contributed by atoms with van der Waals surface area (Å²) in [5, 5.41) is 6.25. The van der Waals surface area contributed by atoms with Crippen LogP contribution in [0.5, 0.6) is 0 Å².